The predicted molar refractivity (Wildman–Crippen MR) is 158 cm³/mol. The smallest absolute Gasteiger partial charge is 0.251 e. The summed E-state index contributed by atoms with van der Waals surface area (Å²) in [5, 5.41) is 22.6. The van der Waals surface area contributed by atoms with Crippen LogP contribution in [-0.2, 0) is 4.79 Å². The first-order valence-electron chi connectivity index (χ1n) is 14.1. The lowest BCUT2D eigenvalue weighted by Gasteiger charge is -2.34. The van der Waals surface area contributed by atoms with Crippen molar-refractivity contribution in [1.29, 1.82) is 5.26 Å². The molecule has 0 saturated carbocycles. The number of aromatic nitrogens is 3. The van der Waals surface area contributed by atoms with Crippen molar-refractivity contribution >= 4 is 23.4 Å². The minimum absolute atomic E-state index is 0.122. The first kappa shape index (κ1) is 29.0. The lowest BCUT2D eigenvalue weighted by Crippen LogP contribution is -2.45. The van der Waals surface area contributed by atoms with Crippen molar-refractivity contribution in [2.45, 2.75) is 32.0 Å². The second-order valence-electron chi connectivity index (χ2n) is 10.5. The van der Waals surface area contributed by atoms with Crippen LogP contribution < -0.4 is 19.7 Å². The fourth-order valence-corrected chi connectivity index (χ4v) is 5.15. The van der Waals surface area contributed by atoms with E-state index in [1.54, 1.807) is 36.4 Å². The number of rotatable bonds is 8. The lowest BCUT2D eigenvalue weighted by molar-refractivity contribution is -0.141. The number of likely N-dealkylation sites (N-methyl/N-ethyl adjacent to an activating group) is 1. The minimum atomic E-state index is -1.01. The number of piperazine rings is 1. The zero-order valence-electron chi connectivity index (χ0n) is 24.2. The highest BCUT2D eigenvalue weighted by Crippen LogP contribution is 2.31. The molecule has 0 spiro atoms. The van der Waals surface area contributed by atoms with Crippen LogP contribution >= 0.6 is 0 Å². The van der Waals surface area contributed by atoms with E-state index in [4.69, 9.17) is 9.47 Å². The van der Waals surface area contributed by atoms with Gasteiger partial charge in [-0.3, -0.25) is 4.79 Å². The second kappa shape index (κ2) is 13.0. The minimum Gasteiger partial charge on any atom is -0.489 e. The molecule has 2 aromatic heterocycles. The Hall–Kier alpha value is -4.47. The van der Waals surface area contributed by atoms with Crippen molar-refractivity contribution in [3.63, 3.8) is 0 Å². The molecular weight excluding hydrogens is 536 g/mol. The van der Waals surface area contributed by atoms with E-state index in [2.05, 4.69) is 43.2 Å². The van der Waals surface area contributed by atoms with E-state index in [1.165, 1.54) is 6.92 Å². The molecule has 1 amide bonds. The normalized spacial score (nSPS) is 16.9. The van der Waals surface area contributed by atoms with Gasteiger partial charge in [-0.1, -0.05) is 0 Å². The van der Waals surface area contributed by atoms with Crippen molar-refractivity contribution in [2.75, 3.05) is 63.6 Å². The quantitative estimate of drug-likeness (QED) is 0.412. The Kier molecular flexibility index (Phi) is 9.00. The lowest BCUT2D eigenvalue weighted by atomic mass is 10.1. The van der Waals surface area contributed by atoms with Gasteiger partial charge in [-0.25, -0.2) is 9.97 Å². The van der Waals surface area contributed by atoms with Gasteiger partial charge in [0, 0.05) is 63.9 Å². The molecule has 2 fully saturated rings. The Labute approximate surface area is 245 Å². The molecule has 3 aromatic rings. The molecule has 0 aliphatic carbocycles. The number of nitrogens with zero attached hydrogens (tertiary/aromatic N) is 7. The monoisotopic (exact) mass is 572 g/mol. The topological polar surface area (TPSA) is 140 Å². The first-order valence-corrected chi connectivity index (χ1v) is 14.1. The SMILES string of the molecule is COc1nc(Nc2nccc(-c3ccc(OC4CCN(C(=O)[C@H](C)O)CC4)c(C#N)c3)n2)ccc1N1CCN(C)CC1. The van der Waals surface area contributed by atoms with Gasteiger partial charge in [0.25, 0.3) is 5.91 Å². The molecule has 2 saturated heterocycles. The molecule has 0 unspecified atom stereocenters. The number of benzene rings is 1. The van der Waals surface area contributed by atoms with E-state index < -0.39 is 6.10 Å². The van der Waals surface area contributed by atoms with E-state index in [1.807, 2.05) is 18.2 Å². The summed E-state index contributed by atoms with van der Waals surface area (Å²) >= 11 is 0. The van der Waals surface area contributed by atoms with Crippen LogP contribution in [0.5, 0.6) is 11.6 Å². The zero-order chi connectivity index (χ0) is 29.6. The number of hydrogen-bond acceptors (Lipinski definition) is 11. The summed E-state index contributed by atoms with van der Waals surface area (Å²) in [6.45, 7) is 6.27. The summed E-state index contributed by atoms with van der Waals surface area (Å²) in [6, 6.07) is 13.3. The number of carbonyl (C=O) groups excluding carboxylic acids is 1. The van der Waals surface area contributed by atoms with Crippen molar-refractivity contribution in [2.24, 2.45) is 0 Å². The number of aliphatic hydroxyl groups is 1. The van der Waals surface area contributed by atoms with Gasteiger partial charge < -0.3 is 34.6 Å². The number of piperidine rings is 1. The summed E-state index contributed by atoms with van der Waals surface area (Å²) in [5.74, 6) is 1.68. The van der Waals surface area contributed by atoms with E-state index in [0.717, 1.165) is 37.4 Å². The number of aliphatic hydroxyl groups excluding tert-OH is 1. The number of likely N-dealkylation sites (tertiary alicyclic amines) is 1. The summed E-state index contributed by atoms with van der Waals surface area (Å²) in [6.07, 6.45) is 1.77. The van der Waals surface area contributed by atoms with Crippen molar-refractivity contribution < 1.29 is 19.4 Å². The van der Waals surface area contributed by atoms with Gasteiger partial charge in [0.2, 0.25) is 11.8 Å². The average molecular weight is 573 g/mol. The fourth-order valence-electron chi connectivity index (χ4n) is 5.15. The third-order valence-electron chi connectivity index (χ3n) is 7.57. The molecule has 220 valence electrons. The molecule has 2 N–H and O–H groups in total. The summed E-state index contributed by atoms with van der Waals surface area (Å²) in [7, 11) is 3.73. The van der Waals surface area contributed by atoms with Crippen LogP contribution in [0.3, 0.4) is 0 Å². The number of nitrogens with one attached hydrogen (secondary N) is 1. The highest BCUT2D eigenvalue weighted by atomic mass is 16.5. The third kappa shape index (κ3) is 6.70. The summed E-state index contributed by atoms with van der Waals surface area (Å²) in [4.78, 5) is 31.9. The average Bonchev–Trinajstić information content (AvgIpc) is 3.01. The van der Waals surface area contributed by atoms with Gasteiger partial charge in [-0.15, -0.1) is 0 Å². The number of hydrogen-bond donors (Lipinski definition) is 2. The molecule has 0 bridgehead atoms. The Morgan fingerprint density at radius 1 is 1.10 bits per heavy atom. The van der Waals surface area contributed by atoms with Crippen molar-refractivity contribution in [1.82, 2.24) is 24.8 Å². The molecule has 12 heteroatoms. The van der Waals surface area contributed by atoms with Crippen LogP contribution in [-0.4, -0.2) is 101 Å². The number of carbonyl (C=O) groups is 1. The number of methoxy groups -OCH3 is 1. The zero-order valence-corrected chi connectivity index (χ0v) is 24.2. The van der Waals surface area contributed by atoms with Gasteiger partial charge >= 0.3 is 0 Å². The van der Waals surface area contributed by atoms with Crippen LogP contribution in [0.1, 0.15) is 25.3 Å². The van der Waals surface area contributed by atoms with Gasteiger partial charge in [0.1, 0.15) is 35.5 Å². The maximum Gasteiger partial charge on any atom is 0.251 e. The number of amides is 1. The Balaban J connectivity index is 1.26. The molecule has 4 heterocycles. The standard InChI is InChI=1S/C30H36N8O4/c1-20(39)29(40)38-12-9-23(10-13-38)42-26-6-4-21(18-22(26)19-31)24-8-11-32-30(33-24)35-27-7-5-25(28(34-27)41-3)37-16-14-36(2)15-17-37/h4-8,11,18,20,23,39H,9-10,12-17H2,1-3H3,(H,32,33,34,35)/t20-/m0/s1. The van der Waals surface area contributed by atoms with Crippen molar-refractivity contribution in [3.8, 4) is 29.0 Å². The molecule has 42 heavy (non-hydrogen) atoms. The maximum atomic E-state index is 12.0. The molecule has 12 nitrogen and oxygen atoms in total. The van der Waals surface area contributed by atoms with Crippen LogP contribution in [0.15, 0.2) is 42.6 Å². The Bertz CT molecular complexity index is 1440. The van der Waals surface area contributed by atoms with Crippen LogP contribution in [0, 0.1) is 11.3 Å². The molecule has 1 atom stereocenters. The maximum absolute atomic E-state index is 12.0. The predicted octanol–water partition coefficient (Wildman–Crippen LogP) is 2.66. The molecule has 2 aliphatic rings. The van der Waals surface area contributed by atoms with E-state index in [0.29, 0.717) is 60.6 Å². The number of nitriles is 1. The van der Waals surface area contributed by atoms with Gasteiger partial charge in [0.05, 0.1) is 18.4 Å². The fraction of sp³-hybridized carbons (Fsp3) is 0.433. The van der Waals surface area contributed by atoms with E-state index in [9.17, 15) is 15.2 Å². The summed E-state index contributed by atoms with van der Waals surface area (Å²) in [5.41, 5.74) is 2.74. The number of anilines is 3. The van der Waals surface area contributed by atoms with Gasteiger partial charge in [-0.2, -0.15) is 10.2 Å². The molecule has 0 radical (unpaired) electrons. The van der Waals surface area contributed by atoms with Gasteiger partial charge in [-0.05, 0) is 50.4 Å². The number of pyridine rings is 1. The summed E-state index contributed by atoms with van der Waals surface area (Å²) < 4.78 is 11.7. The first-order chi connectivity index (χ1) is 20.3. The van der Waals surface area contributed by atoms with E-state index >= 15 is 0 Å². The molecule has 1 aromatic carbocycles. The second-order valence-corrected chi connectivity index (χ2v) is 10.5. The van der Waals surface area contributed by atoms with Gasteiger partial charge in [0.15, 0.2) is 0 Å². The molecule has 5 rings (SSSR count). The Morgan fingerprint density at radius 2 is 1.86 bits per heavy atom. The Morgan fingerprint density at radius 3 is 2.55 bits per heavy atom. The van der Waals surface area contributed by atoms with Crippen LogP contribution in [0.4, 0.5) is 17.5 Å². The third-order valence-corrected chi connectivity index (χ3v) is 7.57. The van der Waals surface area contributed by atoms with Crippen LogP contribution in [0.25, 0.3) is 11.3 Å². The van der Waals surface area contributed by atoms with Crippen LogP contribution in [0.2, 0.25) is 0 Å². The van der Waals surface area contributed by atoms with E-state index in [-0.39, 0.29) is 12.0 Å². The molecule has 2 aliphatic heterocycles. The highest BCUT2D eigenvalue weighted by Gasteiger charge is 2.26. The largest absolute Gasteiger partial charge is 0.489 e. The highest BCUT2D eigenvalue weighted by molar-refractivity contribution is 5.80. The molecular formula is C30H36N8O4. The number of ether oxygens (including phenoxy) is 2. The van der Waals surface area contributed by atoms with Crippen molar-refractivity contribution in [3.05, 3.63) is 48.2 Å².